The minimum atomic E-state index is -0.718. The van der Waals surface area contributed by atoms with Gasteiger partial charge in [0, 0.05) is 11.1 Å². The molecule has 154 valence electrons. The van der Waals surface area contributed by atoms with Crippen molar-refractivity contribution in [2.45, 2.75) is 26.9 Å². The minimum absolute atomic E-state index is 0.259. The molecule has 2 amide bonds. The molecule has 0 radical (unpaired) electrons. The first-order chi connectivity index (χ1) is 14.5. The Morgan fingerprint density at radius 3 is 1.83 bits per heavy atom. The fourth-order valence-corrected chi connectivity index (χ4v) is 3.23. The molecule has 0 aliphatic carbocycles. The highest BCUT2D eigenvalue weighted by atomic mass is 16.5. The summed E-state index contributed by atoms with van der Waals surface area (Å²) in [5.74, 6) is 0.158. The smallest absolute Gasteiger partial charge is 0.253 e. The summed E-state index contributed by atoms with van der Waals surface area (Å²) >= 11 is 0. The summed E-state index contributed by atoms with van der Waals surface area (Å²) in [5.41, 5.74) is 3.58. The summed E-state index contributed by atoms with van der Waals surface area (Å²) in [6, 6.07) is 22.1. The van der Waals surface area contributed by atoms with Crippen molar-refractivity contribution < 1.29 is 14.3 Å². The van der Waals surface area contributed by atoms with Crippen molar-refractivity contribution in [2.24, 2.45) is 0 Å². The number of benzene rings is 3. The Balaban J connectivity index is 1.91. The van der Waals surface area contributed by atoms with Crippen LogP contribution in [0.25, 0.3) is 0 Å². The van der Waals surface area contributed by atoms with Crippen molar-refractivity contribution in [3.05, 3.63) is 101 Å². The van der Waals surface area contributed by atoms with Crippen molar-refractivity contribution in [3.63, 3.8) is 0 Å². The number of aryl methyl sites for hydroxylation is 2. The molecule has 0 bridgehead atoms. The molecular formula is C25H26N2O3. The minimum Gasteiger partial charge on any atom is -0.494 e. The van der Waals surface area contributed by atoms with E-state index in [9.17, 15) is 9.59 Å². The number of ether oxygens (including phenoxy) is 1. The van der Waals surface area contributed by atoms with Crippen LogP contribution in [0.4, 0.5) is 0 Å². The SMILES string of the molecule is CCOc1cccc(C(NC(=O)c2ccccc2C)NC(=O)c2ccccc2C)c1. The van der Waals surface area contributed by atoms with Crippen LogP contribution in [0.3, 0.4) is 0 Å². The molecule has 0 heterocycles. The van der Waals surface area contributed by atoms with E-state index in [1.54, 1.807) is 12.1 Å². The van der Waals surface area contributed by atoms with Crippen molar-refractivity contribution >= 4 is 11.8 Å². The number of rotatable bonds is 7. The molecule has 30 heavy (non-hydrogen) atoms. The van der Waals surface area contributed by atoms with E-state index in [4.69, 9.17) is 4.74 Å². The largest absolute Gasteiger partial charge is 0.494 e. The van der Waals surface area contributed by atoms with Gasteiger partial charge in [0.2, 0.25) is 0 Å². The lowest BCUT2D eigenvalue weighted by molar-refractivity contribution is 0.0882. The van der Waals surface area contributed by atoms with E-state index in [1.807, 2.05) is 81.4 Å². The van der Waals surface area contributed by atoms with E-state index in [-0.39, 0.29) is 11.8 Å². The van der Waals surface area contributed by atoms with Crippen LogP contribution in [0.5, 0.6) is 5.75 Å². The molecule has 3 rings (SSSR count). The van der Waals surface area contributed by atoms with Crippen LogP contribution in [0.1, 0.15) is 50.5 Å². The van der Waals surface area contributed by atoms with Gasteiger partial charge in [-0.15, -0.1) is 0 Å². The summed E-state index contributed by atoms with van der Waals surface area (Å²) in [6.07, 6.45) is -0.718. The maximum absolute atomic E-state index is 13.0. The average Bonchev–Trinajstić information content (AvgIpc) is 2.74. The van der Waals surface area contributed by atoms with E-state index in [1.165, 1.54) is 0 Å². The van der Waals surface area contributed by atoms with Crippen LogP contribution in [-0.4, -0.2) is 18.4 Å². The van der Waals surface area contributed by atoms with Crippen molar-refractivity contribution in [1.82, 2.24) is 10.6 Å². The molecule has 0 unspecified atom stereocenters. The third kappa shape index (κ3) is 5.06. The lowest BCUT2D eigenvalue weighted by Crippen LogP contribution is -2.41. The molecule has 0 fully saturated rings. The summed E-state index contributed by atoms with van der Waals surface area (Å²) in [4.78, 5) is 25.9. The fraction of sp³-hybridized carbons (Fsp3) is 0.200. The third-order valence-corrected chi connectivity index (χ3v) is 4.83. The number of carbonyl (C=O) groups is 2. The van der Waals surface area contributed by atoms with Crippen LogP contribution >= 0.6 is 0 Å². The zero-order valence-corrected chi connectivity index (χ0v) is 17.4. The Morgan fingerprint density at radius 1 is 0.800 bits per heavy atom. The van der Waals surface area contributed by atoms with Gasteiger partial charge in [-0.2, -0.15) is 0 Å². The predicted octanol–water partition coefficient (Wildman–Crippen LogP) is 4.56. The van der Waals surface area contributed by atoms with Gasteiger partial charge in [-0.05, 0) is 61.7 Å². The first-order valence-electron chi connectivity index (χ1n) is 9.95. The van der Waals surface area contributed by atoms with E-state index in [0.29, 0.717) is 23.5 Å². The van der Waals surface area contributed by atoms with E-state index in [0.717, 1.165) is 16.7 Å². The lowest BCUT2D eigenvalue weighted by atomic mass is 10.1. The second kappa shape index (κ2) is 9.74. The normalized spacial score (nSPS) is 10.5. The second-order valence-corrected chi connectivity index (χ2v) is 7.02. The highest BCUT2D eigenvalue weighted by Crippen LogP contribution is 2.20. The maximum atomic E-state index is 13.0. The molecule has 3 aromatic carbocycles. The predicted molar refractivity (Wildman–Crippen MR) is 118 cm³/mol. The third-order valence-electron chi connectivity index (χ3n) is 4.83. The quantitative estimate of drug-likeness (QED) is 0.569. The van der Waals surface area contributed by atoms with Gasteiger partial charge in [-0.3, -0.25) is 9.59 Å². The summed E-state index contributed by atoms with van der Waals surface area (Å²) in [6.45, 7) is 6.19. The highest BCUT2D eigenvalue weighted by molar-refractivity contribution is 5.98. The Labute approximate surface area is 177 Å². The first kappa shape index (κ1) is 21.1. The Hall–Kier alpha value is -3.60. The van der Waals surface area contributed by atoms with Crippen LogP contribution in [0.15, 0.2) is 72.8 Å². The fourth-order valence-electron chi connectivity index (χ4n) is 3.23. The molecule has 5 heteroatoms. The van der Waals surface area contributed by atoms with Crippen LogP contribution in [-0.2, 0) is 0 Å². The van der Waals surface area contributed by atoms with Gasteiger partial charge in [0.15, 0.2) is 0 Å². The Morgan fingerprint density at radius 2 is 1.33 bits per heavy atom. The zero-order chi connectivity index (χ0) is 21.5. The van der Waals surface area contributed by atoms with Crippen LogP contribution in [0.2, 0.25) is 0 Å². The molecule has 0 aliphatic heterocycles. The van der Waals surface area contributed by atoms with Crippen LogP contribution in [0, 0.1) is 13.8 Å². The molecule has 0 spiro atoms. The lowest BCUT2D eigenvalue weighted by Gasteiger charge is -2.22. The standard InChI is InChI=1S/C25H26N2O3/c1-4-30-20-13-9-12-19(16-20)23(26-24(28)21-14-7-5-10-17(21)2)27-25(29)22-15-8-6-11-18(22)3/h5-16,23H,4H2,1-3H3,(H,26,28)(H,27,29). The van der Waals surface area contributed by atoms with Crippen molar-refractivity contribution in [3.8, 4) is 5.75 Å². The second-order valence-electron chi connectivity index (χ2n) is 7.02. The monoisotopic (exact) mass is 402 g/mol. The van der Waals surface area contributed by atoms with Gasteiger partial charge in [-0.25, -0.2) is 0 Å². The Bertz CT molecular complexity index is 986. The molecule has 3 aromatic rings. The topological polar surface area (TPSA) is 67.4 Å². The van der Waals surface area contributed by atoms with Gasteiger partial charge < -0.3 is 15.4 Å². The summed E-state index contributed by atoms with van der Waals surface area (Å²) < 4.78 is 5.59. The summed E-state index contributed by atoms with van der Waals surface area (Å²) in [5, 5.41) is 5.91. The molecule has 0 aromatic heterocycles. The van der Waals surface area contributed by atoms with E-state index < -0.39 is 6.17 Å². The van der Waals surface area contributed by atoms with Gasteiger partial charge in [0.1, 0.15) is 11.9 Å². The zero-order valence-electron chi connectivity index (χ0n) is 17.4. The molecule has 0 saturated carbocycles. The number of hydrogen-bond acceptors (Lipinski definition) is 3. The maximum Gasteiger partial charge on any atom is 0.253 e. The molecule has 0 atom stereocenters. The highest BCUT2D eigenvalue weighted by Gasteiger charge is 2.21. The average molecular weight is 402 g/mol. The number of amides is 2. The van der Waals surface area contributed by atoms with Gasteiger partial charge in [0.25, 0.3) is 11.8 Å². The Kier molecular flexibility index (Phi) is 6.86. The molecule has 5 nitrogen and oxygen atoms in total. The van der Waals surface area contributed by atoms with Gasteiger partial charge in [0.05, 0.1) is 6.61 Å². The van der Waals surface area contributed by atoms with Crippen molar-refractivity contribution in [2.75, 3.05) is 6.61 Å². The number of carbonyl (C=O) groups excluding carboxylic acids is 2. The van der Waals surface area contributed by atoms with Gasteiger partial charge in [-0.1, -0.05) is 48.5 Å². The number of hydrogen-bond donors (Lipinski definition) is 2. The first-order valence-corrected chi connectivity index (χ1v) is 9.95. The molecule has 0 aliphatic rings. The van der Waals surface area contributed by atoms with Gasteiger partial charge >= 0.3 is 0 Å². The van der Waals surface area contributed by atoms with E-state index >= 15 is 0 Å². The molecule has 0 saturated heterocycles. The van der Waals surface area contributed by atoms with Crippen molar-refractivity contribution in [1.29, 1.82) is 0 Å². The summed E-state index contributed by atoms with van der Waals surface area (Å²) in [7, 11) is 0. The molecular weight excluding hydrogens is 376 g/mol. The molecule has 2 N–H and O–H groups in total. The number of nitrogens with one attached hydrogen (secondary N) is 2. The van der Waals surface area contributed by atoms with E-state index in [2.05, 4.69) is 10.6 Å². The van der Waals surface area contributed by atoms with Crippen LogP contribution < -0.4 is 15.4 Å².